The third-order valence-electron chi connectivity index (χ3n) is 3.22. The molecule has 0 aromatic heterocycles. The van der Waals surface area contributed by atoms with Crippen LogP contribution in [-0.2, 0) is 0 Å². The first kappa shape index (κ1) is 15.7. The lowest BCUT2D eigenvalue weighted by Crippen LogP contribution is -2.32. The highest BCUT2D eigenvalue weighted by Crippen LogP contribution is 2.32. The molecule has 2 nitrogen and oxygen atoms in total. The van der Waals surface area contributed by atoms with E-state index >= 15 is 0 Å². The molecule has 0 aliphatic heterocycles. The zero-order chi connectivity index (χ0) is 15.4. The Balaban J connectivity index is 2.35. The third kappa shape index (κ3) is 3.71. The molecule has 2 aromatic rings. The lowest BCUT2D eigenvalue weighted by molar-refractivity contribution is 0.166. The fourth-order valence-electron chi connectivity index (χ4n) is 2.01. The van der Waals surface area contributed by atoms with Gasteiger partial charge in [-0.25, -0.2) is 8.78 Å². The van der Waals surface area contributed by atoms with Gasteiger partial charge in [0.15, 0.2) is 0 Å². The van der Waals surface area contributed by atoms with Gasteiger partial charge in [0.25, 0.3) is 0 Å². The minimum absolute atomic E-state index is 0.125. The molecule has 0 heterocycles. The van der Waals surface area contributed by atoms with E-state index in [2.05, 4.69) is 0 Å². The fourth-order valence-corrected chi connectivity index (χ4v) is 2.22. The number of ether oxygens (including phenoxy) is 1. The normalized spacial score (nSPS) is 13.8. The van der Waals surface area contributed by atoms with Crippen LogP contribution in [-0.4, -0.2) is 6.04 Å². The van der Waals surface area contributed by atoms with Crippen molar-refractivity contribution in [2.45, 2.75) is 25.5 Å². The Labute approximate surface area is 127 Å². The summed E-state index contributed by atoms with van der Waals surface area (Å²) in [6, 6.07) is 9.65. The number of nitrogens with two attached hydrogens (primary N) is 1. The highest BCUT2D eigenvalue weighted by atomic mass is 35.5. The van der Waals surface area contributed by atoms with Gasteiger partial charge in [-0.1, -0.05) is 36.7 Å². The number of rotatable bonds is 5. The Morgan fingerprint density at radius 3 is 2.52 bits per heavy atom. The SMILES string of the molecule is CCC(N)C(Oc1ccc(F)cc1Cl)c1ccccc1F. The van der Waals surface area contributed by atoms with Crippen LogP contribution in [0.3, 0.4) is 0 Å². The predicted molar refractivity (Wildman–Crippen MR) is 79.4 cm³/mol. The Morgan fingerprint density at radius 2 is 1.90 bits per heavy atom. The number of hydrogen-bond donors (Lipinski definition) is 1. The van der Waals surface area contributed by atoms with E-state index in [1.807, 2.05) is 6.92 Å². The summed E-state index contributed by atoms with van der Waals surface area (Å²) in [5.74, 6) is -0.588. The van der Waals surface area contributed by atoms with E-state index in [0.29, 0.717) is 12.0 Å². The van der Waals surface area contributed by atoms with Gasteiger partial charge in [-0.05, 0) is 30.7 Å². The summed E-state index contributed by atoms with van der Waals surface area (Å²) >= 11 is 5.95. The molecule has 5 heteroatoms. The van der Waals surface area contributed by atoms with Crippen molar-refractivity contribution in [1.82, 2.24) is 0 Å². The standard InChI is InChI=1S/C16H16ClF2NO/c1-2-14(20)16(11-5-3-4-6-13(11)19)21-15-8-7-10(18)9-12(15)17/h3-9,14,16H,2,20H2,1H3. The fraction of sp³-hybridized carbons (Fsp3) is 0.250. The maximum Gasteiger partial charge on any atom is 0.142 e. The summed E-state index contributed by atoms with van der Waals surface area (Å²) in [6.45, 7) is 1.88. The summed E-state index contributed by atoms with van der Waals surface area (Å²) in [5, 5.41) is 0.125. The van der Waals surface area contributed by atoms with E-state index in [1.165, 1.54) is 18.2 Å². The van der Waals surface area contributed by atoms with Crippen LogP contribution in [0.5, 0.6) is 5.75 Å². The quantitative estimate of drug-likeness (QED) is 0.884. The molecule has 2 N–H and O–H groups in total. The van der Waals surface area contributed by atoms with Gasteiger partial charge in [0.1, 0.15) is 23.5 Å². The molecule has 2 atom stereocenters. The van der Waals surface area contributed by atoms with Gasteiger partial charge >= 0.3 is 0 Å². The minimum Gasteiger partial charge on any atom is -0.482 e. The maximum absolute atomic E-state index is 14.0. The van der Waals surface area contributed by atoms with E-state index in [-0.39, 0.29) is 10.8 Å². The second kappa shape index (κ2) is 6.87. The van der Waals surface area contributed by atoms with Crippen LogP contribution in [0.2, 0.25) is 5.02 Å². The molecule has 0 saturated heterocycles. The van der Waals surface area contributed by atoms with Crippen LogP contribution >= 0.6 is 11.6 Å². The highest BCUT2D eigenvalue weighted by molar-refractivity contribution is 6.32. The zero-order valence-electron chi connectivity index (χ0n) is 11.5. The van der Waals surface area contributed by atoms with Crippen LogP contribution in [0.4, 0.5) is 8.78 Å². The van der Waals surface area contributed by atoms with E-state index < -0.39 is 23.8 Å². The summed E-state index contributed by atoms with van der Waals surface area (Å²) in [5.41, 5.74) is 6.39. The van der Waals surface area contributed by atoms with Crippen LogP contribution in [0.15, 0.2) is 42.5 Å². The Bertz CT molecular complexity index is 621. The lowest BCUT2D eigenvalue weighted by atomic mass is 10.00. The van der Waals surface area contributed by atoms with Gasteiger partial charge in [-0.15, -0.1) is 0 Å². The molecule has 0 aliphatic carbocycles. The van der Waals surface area contributed by atoms with Gasteiger partial charge < -0.3 is 10.5 Å². The first-order valence-corrected chi connectivity index (χ1v) is 7.02. The molecule has 0 fully saturated rings. The summed E-state index contributed by atoms with van der Waals surface area (Å²) in [6.07, 6.45) is -0.100. The minimum atomic E-state index is -0.695. The number of halogens is 3. The maximum atomic E-state index is 14.0. The first-order chi connectivity index (χ1) is 10.0. The summed E-state index contributed by atoms with van der Waals surface area (Å²) < 4.78 is 32.8. The molecule has 2 rings (SSSR count). The van der Waals surface area contributed by atoms with Gasteiger partial charge in [-0.3, -0.25) is 0 Å². The van der Waals surface area contributed by atoms with Crippen molar-refractivity contribution in [2.75, 3.05) is 0 Å². The monoisotopic (exact) mass is 311 g/mol. The molecule has 0 saturated carbocycles. The molecule has 0 amide bonds. The highest BCUT2D eigenvalue weighted by Gasteiger charge is 2.24. The average molecular weight is 312 g/mol. The molecule has 0 aliphatic rings. The molecule has 2 unspecified atom stereocenters. The molecular weight excluding hydrogens is 296 g/mol. The Kier molecular flexibility index (Phi) is 5.15. The molecule has 0 radical (unpaired) electrons. The van der Waals surface area contributed by atoms with Crippen molar-refractivity contribution in [3.63, 3.8) is 0 Å². The van der Waals surface area contributed by atoms with Gasteiger partial charge in [0.2, 0.25) is 0 Å². The number of hydrogen-bond acceptors (Lipinski definition) is 2. The van der Waals surface area contributed by atoms with Crippen molar-refractivity contribution < 1.29 is 13.5 Å². The topological polar surface area (TPSA) is 35.2 Å². The van der Waals surface area contributed by atoms with Crippen LogP contribution in [0, 0.1) is 11.6 Å². The van der Waals surface area contributed by atoms with E-state index in [1.54, 1.807) is 18.2 Å². The third-order valence-corrected chi connectivity index (χ3v) is 3.52. The smallest absolute Gasteiger partial charge is 0.142 e. The summed E-state index contributed by atoms with van der Waals surface area (Å²) in [7, 11) is 0. The van der Waals surface area contributed by atoms with E-state index in [4.69, 9.17) is 22.1 Å². The number of benzene rings is 2. The molecule has 0 spiro atoms. The van der Waals surface area contributed by atoms with Gasteiger partial charge in [-0.2, -0.15) is 0 Å². The average Bonchev–Trinajstić information content (AvgIpc) is 2.47. The zero-order valence-corrected chi connectivity index (χ0v) is 12.3. The Hall–Kier alpha value is -1.65. The molecule has 2 aromatic carbocycles. The van der Waals surface area contributed by atoms with Gasteiger partial charge in [0.05, 0.1) is 5.02 Å². The van der Waals surface area contributed by atoms with Crippen LogP contribution in [0.25, 0.3) is 0 Å². The molecule has 0 bridgehead atoms. The first-order valence-electron chi connectivity index (χ1n) is 6.64. The molecule has 112 valence electrons. The van der Waals surface area contributed by atoms with Crippen LogP contribution < -0.4 is 10.5 Å². The Morgan fingerprint density at radius 1 is 1.19 bits per heavy atom. The lowest BCUT2D eigenvalue weighted by Gasteiger charge is -2.25. The largest absolute Gasteiger partial charge is 0.482 e. The molecular formula is C16H16ClF2NO. The van der Waals surface area contributed by atoms with E-state index in [9.17, 15) is 8.78 Å². The summed E-state index contributed by atoms with van der Waals surface area (Å²) in [4.78, 5) is 0. The second-order valence-corrected chi connectivity index (χ2v) is 5.11. The predicted octanol–water partition coefficient (Wildman–Crippen LogP) is 4.48. The van der Waals surface area contributed by atoms with Crippen molar-refractivity contribution in [3.8, 4) is 5.75 Å². The van der Waals surface area contributed by atoms with Crippen molar-refractivity contribution in [2.24, 2.45) is 5.73 Å². The molecule has 21 heavy (non-hydrogen) atoms. The second-order valence-electron chi connectivity index (χ2n) is 4.71. The van der Waals surface area contributed by atoms with Crippen LogP contribution in [0.1, 0.15) is 25.0 Å². The van der Waals surface area contributed by atoms with Crippen molar-refractivity contribution in [3.05, 3.63) is 64.7 Å². The van der Waals surface area contributed by atoms with E-state index in [0.717, 1.165) is 6.07 Å². The van der Waals surface area contributed by atoms with Gasteiger partial charge in [0, 0.05) is 11.6 Å². The van der Waals surface area contributed by atoms with Crippen molar-refractivity contribution >= 4 is 11.6 Å². The van der Waals surface area contributed by atoms with Crippen molar-refractivity contribution in [1.29, 1.82) is 0 Å².